The van der Waals surface area contributed by atoms with Crippen molar-refractivity contribution in [2.24, 2.45) is 5.41 Å². The highest BCUT2D eigenvalue weighted by Crippen LogP contribution is 2.25. The summed E-state index contributed by atoms with van der Waals surface area (Å²) in [5.41, 5.74) is 1.55. The molecule has 1 heterocycles. The Balaban J connectivity index is 1.90. The minimum Gasteiger partial charge on any atom is -0.353 e. The van der Waals surface area contributed by atoms with Crippen LogP contribution in [0.2, 0.25) is 5.02 Å². The van der Waals surface area contributed by atoms with Crippen molar-refractivity contribution in [1.29, 1.82) is 5.26 Å². The Hall–Kier alpha value is -3.42. The van der Waals surface area contributed by atoms with Gasteiger partial charge in [0.05, 0.1) is 29.4 Å². The van der Waals surface area contributed by atoms with Gasteiger partial charge in [-0.3, -0.25) is 14.3 Å². The van der Waals surface area contributed by atoms with Gasteiger partial charge in [-0.2, -0.15) is 10.4 Å². The van der Waals surface area contributed by atoms with Gasteiger partial charge in [-0.1, -0.05) is 44.5 Å². The minimum absolute atomic E-state index is 0.0577. The number of hydrogen-bond acceptors (Lipinski definition) is 6. The summed E-state index contributed by atoms with van der Waals surface area (Å²) in [4.78, 5) is 26.2. The van der Waals surface area contributed by atoms with E-state index in [1.807, 2.05) is 12.1 Å². The van der Waals surface area contributed by atoms with Crippen LogP contribution in [-0.4, -0.2) is 54.6 Å². The normalized spacial score (nSPS) is 12.7. The Morgan fingerprint density at radius 3 is 2.42 bits per heavy atom. The van der Waals surface area contributed by atoms with E-state index in [-0.39, 0.29) is 18.0 Å². The largest absolute Gasteiger partial charge is 0.353 e. The van der Waals surface area contributed by atoms with E-state index in [2.05, 4.69) is 21.8 Å². The van der Waals surface area contributed by atoms with E-state index >= 15 is 0 Å². The van der Waals surface area contributed by atoms with Crippen molar-refractivity contribution in [3.8, 4) is 6.07 Å². The summed E-state index contributed by atoms with van der Waals surface area (Å²) in [5.74, 6) is -1.25. The molecule has 1 aromatic heterocycles. The van der Waals surface area contributed by atoms with Gasteiger partial charge in [0.15, 0.2) is 5.69 Å². The quantitative estimate of drug-likeness (QED) is 0.461. The van der Waals surface area contributed by atoms with Crippen molar-refractivity contribution in [2.75, 3.05) is 18.6 Å². The van der Waals surface area contributed by atoms with Crippen molar-refractivity contribution in [3.63, 3.8) is 0 Å². The van der Waals surface area contributed by atoms with Gasteiger partial charge < -0.3 is 10.6 Å². The second-order valence-electron chi connectivity index (χ2n) is 9.67. The molecule has 0 spiro atoms. The van der Waals surface area contributed by atoms with Crippen LogP contribution in [0.25, 0.3) is 10.9 Å². The van der Waals surface area contributed by atoms with Crippen molar-refractivity contribution < 1.29 is 18.0 Å². The molecule has 1 atom stereocenters. The highest BCUT2D eigenvalue weighted by atomic mass is 35.5. The molecule has 2 N–H and O–H groups in total. The zero-order valence-electron chi connectivity index (χ0n) is 20.5. The van der Waals surface area contributed by atoms with Crippen LogP contribution >= 0.6 is 11.6 Å². The summed E-state index contributed by atoms with van der Waals surface area (Å²) in [6.45, 7) is 5.69. The van der Waals surface area contributed by atoms with Gasteiger partial charge in [0, 0.05) is 23.2 Å². The first-order valence-electron chi connectivity index (χ1n) is 11.2. The van der Waals surface area contributed by atoms with Crippen molar-refractivity contribution in [1.82, 2.24) is 20.4 Å². The molecule has 0 saturated heterocycles. The van der Waals surface area contributed by atoms with E-state index in [1.165, 1.54) is 0 Å². The van der Waals surface area contributed by atoms with Crippen LogP contribution < -0.4 is 10.6 Å². The highest BCUT2D eigenvalue weighted by molar-refractivity contribution is 7.90. The van der Waals surface area contributed by atoms with Gasteiger partial charge in [-0.25, -0.2) is 8.42 Å². The summed E-state index contributed by atoms with van der Waals surface area (Å²) in [6.07, 6.45) is 1.09. The molecule has 3 rings (SSSR count). The van der Waals surface area contributed by atoms with Gasteiger partial charge in [0.2, 0.25) is 5.91 Å². The first kappa shape index (κ1) is 27.2. The Bertz CT molecular complexity index is 1430. The fourth-order valence-corrected chi connectivity index (χ4v) is 4.28. The van der Waals surface area contributed by atoms with Crippen LogP contribution in [0.5, 0.6) is 0 Å². The summed E-state index contributed by atoms with van der Waals surface area (Å²) in [5, 5.41) is 19.9. The van der Waals surface area contributed by atoms with Crippen molar-refractivity contribution >= 4 is 44.2 Å². The monoisotopic (exact) mass is 529 g/mol. The number of amides is 2. The summed E-state index contributed by atoms with van der Waals surface area (Å²) < 4.78 is 24.5. The molecule has 0 aliphatic carbocycles. The Labute approximate surface area is 215 Å². The number of nitrogens with zero attached hydrogens (tertiary/aromatic N) is 3. The molecule has 0 aliphatic heterocycles. The molecule has 0 unspecified atom stereocenters. The molecule has 3 aromatic rings. The molecule has 2 amide bonds. The van der Waals surface area contributed by atoms with Gasteiger partial charge in [-0.05, 0) is 41.3 Å². The predicted octanol–water partition coefficient (Wildman–Crippen LogP) is 2.91. The van der Waals surface area contributed by atoms with Gasteiger partial charge in [0.1, 0.15) is 15.9 Å². The van der Waals surface area contributed by atoms with Gasteiger partial charge in [-0.15, -0.1) is 0 Å². The summed E-state index contributed by atoms with van der Waals surface area (Å²) >= 11 is 6.21. The first-order chi connectivity index (χ1) is 16.8. The number of aromatic nitrogens is 2. The number of halogens is 1. The summed E-state index contributed by atoms with van der Waals surface area (Å²) in [6, 6.07) is 13.3. The zero-order chi connectivity index (χ0) is 26.7. The molecule has 0 radical (unpaired) electrons. The first-order valence-corrected chi connectivity index (χ1v) is 13.6. The Morgan fingerprint density at radius 2 is 1.83 bits per heavy atom. The number of sulfone groups is 1. The molecule has 9 nitrogen and oxygen atoms in total. The van der Waals surface area contributed by atoms with Gasteiger partial charge in [0.25, 0.3) is 5.91 Å². The lowest BCUT2D eigenvalue weighted by Crippen LogP contribution is -2.54. The number of rotatable bonds is 8. The third-order valence-corrected chi connectivity index (χ3v) is 6.70. The van der Waals surface area contributed by atoms with Crippen LogP contribution in [0.1, 0.15) is 42.4 Å². The molecule has 0 saturated carbocycles. The molecule has 0 bridgehead atoms. The average molecular weight is 530 g/mol. The maximum atomic E-state index is 13.4. The molecule has 11 heteroatoms. The van der Waals surface area contributed by atoms with Gasteiger partial charge >= 0.3 is 0 Å². The van der Waals surface area contributed by atoms with Crippen molar-refractivity contribution in [3.05, 3.63) is 64.3 Å². The zero-order valence-corrected chi connectivity index (χ0v) is 22.1. The molecule has 0 fully saturated rings. The van der Waals surface area contributed by atoms with E-state index in [1.54, 1.807) is 55.8 Å². The second kappa shape index (κ2) is 10.7. The van der Waals surface area contributed by atoms with E-state index in [0.717, 1.165) is 11.8 Å². The second-order valence-corrected chi connectivity index (χ2v) is 12.4. The van der Waals surface area contributed by atoms with Crippen LogP contribution in [0.4, 0.5) is 0 Å². The van der Waals surface area contributed by atoms with Crippen LogP contribution in [0.3, 0.4) is 0 Å². The Kier molecular flexibility index (Phi) is 8.06. The molecular formula is C25H28ClN5O4S. The number of benzene rings is 2. The van der Waals surface area contributed by atoms with E-state index in [4.69, 9.17) is 16.9 Å². The summed E-state index contributed by atoms with van der Waals surface area (Å²) in [7, 11) is -3.25. The number of hydrogen-bond donors (Lipinski definition) is 2. The SMILES string of the molecule is CC(C)(C)[C@H](NC(=O)c1nn(Cc2ccc(C#N)cc2)c2ccc(Cl)cc12)C(=O)NCCS(C)(=O)=O. The standard InChI is InChI=1S/C25H28ClN5O4S/c1-25(2,3)22(24(33)28-11-12-36(4,34)35)29-23(32)21-19-13-18(26)9-10-20(19)31(30-21)15-17-7-5-16(14-27)6-8-17/h5-10,13,22H,11-12,15H2,1-4H3,(H,28,33)(H,29,32)/t22-/m1/s1. The smallest absolute Gasteiger partial charge is 0.273 e. The molecular weight excluding hydrogens is 502 g/mol. The number of fused-ring (bicyclic) bond motifs is 1. The van der Waals surface area contributed by atoms with Crippen LogP contribution in [0.15, 0.2) is 42.5 Å². The van der Waals surface area contributed by atoms with E-state index < -0.39 is 33.1 Å². The molecule has 0 aliphatic rings. The molecule has 190 valence electrons. The topological polar surface area (TPSA) is 134 Å². The number of carbonyl (C=O) groups excluding carboxylic acids is 2. The Morgan fingerprint density at radius 1 is 1.17 bits per heavy atom. The lowest BCUT2D eigenvalue weighted by molar-refractivity contribution is -0.125. The molecule has 36 heavy (non-hydrogen) atoms. The number of nitrogens with one attached hydrogen (secondary N) is 2. The third kappa shape index (κ3) is 6.83. The minimum atomic E-state index is -3.25. The van der Waals surface area contributed by atoms with E-state index in [9.17, 15) is 18.0 Å². The molecule has 2 aromatic carbocycles. The fraction of sp³-hybridized carbons (Fsp3) is 0.360. The average Bonchev–Trinajstić information content (AvgIpc) is 3.13. The maximum absolute atomic E-state index is 13.4. The predicted molar refractivity (Wildman–Crippen MR) is 138 cm³/mol. The lowest BCUT2D eigenvalue weighted by atomic mass is 9.86. The van der Waals surface area contributed by atoms with Crippen molar-refractivity contribution in [2.45, 2.75) is 33.4 Å². The van der Waals surface area contributed by atoms with Crippen LogP contribution in [-0.2, 0) is 21.2 Å². The van der Waals surface area contributed by atoms with E-state index in [0.29, 0.717) is 28.0 Å². The highest BCUT2D eigenvalue weighted by Gasteiger charge is 2.34. The third-order valence-electron chi connectivity index (χ3n) is 5.52. The number of carbonyl (C=O) groups is 2. The number of nitriles is 1. The van der Waals surface area contributed by atoms with Crippen LogP contribution in [0, 0.1) is 16.7 Å². The lowest BCUT2D eigenvalue weighted by Gasteiger charge is -2.30. The maximum Gasteiger partial charge on any atom is 0.273 e. The fourth-order valence-electron chi connectivity index (χ4n) is 3.63.